The average molecular weight is 487 g/mol. The van der Waals surface area contributed by atoms with Crippen molar-refractivity contribution >= 4 is 5.69 Å². The lowest BCUT2D eigenvalue weighted by Crippen LogP contribution is -2.31. The molecule has 0 heterocycles. The lowest BCUT2D eigenvalue weighted by Gasteiger charge is -2.35. The number of rotatable bonds is 9. The van der Waals surface area contributed by atoms with Gasteiger partial charge in [0, 0.05) is 38.1 Å². The van der Waals surface area contributed by atoms with Gasteiger partial charge >= 0.3 is 6.18 Å². The highest BCUT2D eigenvalue weighted by molar-refractivity contribution is 5.56. The predicted octanol–water partition coefficient (Wildman–Crippen LogP) is 7.41. The van der Waals surface area contributed by atoms with Gasteiger partial charge in [-0.15, -0.1) is 0 Å². The molecular formula is C28H27F5N2. The van der Waals surface area contributed by atoms with Gasteiger partial charge in [-0.05, 0) is 41.8 Å². The van der Waals surface area contributed by atoms with Gasteiger partial charge in [0.1, 0.15) is 11.6 Å². The van der Waals surface area contributed by atoms with Gasteiger partial charge in [-0.3, -0.25) is 0 Å². The van der Waals surface area contributed by atoms with Crippen molar-refractivity contribution < 1.29 is 22.0 Å². The zero-order chi connectivity index (χ0) is 25.8. The van der Waals surface area contributed by atoms with E-state index in [9.17, 15) is 22.0 Å². The summed E-state index contributed by atoms with van der Waals surface area (Å²) >= 11 is 0. The molecule has 0 amide bonds. The van der Waals surface area contributed by atoms with Crippen LogP contribution < -0.4 is 4.90 Å². The van der Waals surface area contributed by atoms with Crippen LogP contribution in [0.4, 0.5) is 27.6 Å². The number of hydrogen-bond donors (Lipinski definition) is 0. The summed E-state index contributed by atoms with van der Waals surface area (Å²) in [4.78, 5) is 3.48. The van der Waals surface area contributed by atoms with Gasteiger partial charge in [0.05, 0.1) is 17.2 Å². The van der Waals surface area contributed by atoms with Crippen LogP contribution in [0.3, 0.4) is 0 Å². The lowest BCUT2D eigenvalue weighted by molar-refractivity contribution is -0.137. The molecule has 3 aromatic rings. The smallest absolute Gasteiger partial charge is 0.381 e. The SMILES string of the molecule is C=C(C(C(=C)N(CCc1ccc(C(F)(F)F)cc1)c1ccc(F)cc1F)c1ccccc1)N(C)C. The summed E-state index contributed by atoms with van der Waals surface area (Å²) in [6, 6.07) is 17.6. The van der Waals surface area contributed by atoms with E-state index in [2.05, 4.69) is 13.2 Å². The van der Waals surface area contributed by atoms with Crippen molar-refractivity contribution in [2.75, 3.05) is 25.5 Å². The average Bonchev–Trinajstić information content (AvgIpc) is 2.81. The molecule has 0 saturated carbocycles. The zero-order valence-electron chi connectivity index (χ0n) is 19.6. The van der Waals surface area contributed by atoms with E-state index in [4.69, 9.17) is 0 Å². The Kier molecular flexibility index (Phi) is 7.99. The van der Waals surface area contributed by atoms with Crippen LogP contribution in [0.25, 0.3) is 0 Å². The van der Waals surface area contributed by atoms with Gasteiger partial charge in [-0.25, -0.2) is 8.78 Å². The quantitative estimate of drug-likeness (QED) is 0.291. The van der Waals surface area contributed by atoms with Crippen molar-refractivity contribution in [3.63, 3.8) is 0 Å². The third-order valence-electron chi connectivity index (χ3n) is 5.83. The molecular weight excluding hydrogens is 459 g/mol. The topological polar surface area (TPSA) is 6.48 Å². The second kappa shape index (κ2) is 10.8. The first-order chi connectivity index (χ1) is 16.5. The molecule has 35 heavy (non-hydrogen) atoms. The molecule has 1 unspecified atom stereocenters. The summed E-state index contributed by atoms with van der Waals surface area (Å²) in [6.45, 7) is 8.66. The Morgan fingerprint density at radius 2 is 1.49 bits per heavy atom. The van der Waals surface area contributed by atoms with Gasteiger partial charge in [0.25, 0.3) is 0 Å². The second-order valence-electron chi connectivity index (χ2n) is 8.41. The zero-order valence-corrected chi connectivity index (χ0v) is 19.6. The lowest BCUT2D eigenvalue weighted by atomic mass is 9.91. The highest BCUT2D eigenvalue weighted by atomic mass is 19.4. The van der Waals surface area contributed by atoms with Gasteiger partial charge < -0.3 is 9.80 Å². The molecule has 3 aromatic carbocycles. The van der Waals surface area contributed by atoms with Crippen molar-refractivity contribution in [2.45, 2.75) is 18.5 Å². The molecule has 0 aliphatic rings. The minimum Gasteiger partial charge on any atom is -0.381 e. The highest BCUT2D eigenvalue weighted by Gasteiger charge is 2.30. The number of alkyl halides is 3. The molecule has 2 nitrogen and oxygen atoms in total. The molecule has 0 bridgehead atoms. The van der Waals surface area contributed by atoms with E-state index in [0.29, 0.717) is 23.4 Å². The first-order valence-corrected chi connectivity index (χ1v) is 11.0. The standard InChI is InChI=1S/C28H27F5N2/c1-19(34(3)4)27(22-8-6-5-7-9-22)20(2)35(26-15-14-24(29)18-25(26)30)17-16-21-10-12-23(13-11-21)28(31,32)33/h5-15,18,27H,1-2,16-17H2,3-4H3. The van der Waals surface area contributed by atoms with E-state index in [1.54, 1.807) is 4.90 Å². The van der Waals surface area contributed by atoms with Gasteiger partial charge in [-0.1, -0.05) is 55.6 Å². The summed E-state index contributed by atoms with van der Waals surface area (Å²) in [7, 11) is 3.69. The van der Waals surface area contributed by atoms with E-state index in [1.807, 2.05) is 49.3 Å². The Balaban J connectivity index is 1.98. The maximum Gasteiger partial charge on any atom is 0.416 e. The molecule has 184 valence electrons. The molecule has 7 heteroatoms. The predicted molar refractivity (Wildman–Crippen MR) is 130 cm³/mol. The van der Waals surface area contributed by atoms with E-state index in [0.717, 1.165) is 29.8 Å². The van der Waals surface area contributed by atoms with Crippen LogP contribution in [0, 0.1) is 11.6 Å². The number of halogens is 5. The van der Waals surface area contributed by atoms with Gasteiger partial charge in [0.2, 0.25) is 0 Å². The summed E-state index contributed by atoms with van der Waals surface area (Å²) in [5.41, 5.74) is 2.13. The molecule has 0 fully saturated rings. The molecule has 0 radical (unpaired) electrons. The maximum atomic E-state index is 14.9. The molecule has 0 aromatic heterocycles. The summed E-state index contributed by atoms with van der Waals surface area (Å²) < 4.78 is 67.3. The van der Waals surface area contributed by atoms with Crippen LogP contribution >= 0.6 is 0 Å². The molecule has 3 rings (SSSR count). The van der Waals surface area contributed by atoms with Crippen LogP contribution in [0.5, 0.6) is 0 Å². The van der Waals surface area contributed by atoms with Gasteiger partial charge in [-0.2, -0.15) is 13.2 Å². The maximum absolute atomic E-state index is 14.9. The van der Waals surface area contributed by atoms with Crippen molar-refractivity contribution in [2.24, 2.45) is 0 Å². The minimum atomic E-state index is -4.43. The third-order valence-corrected chi connectivity index (χ3v) is 5.83. The Bertz CT molecular complexity index is 1170. The summed E-state index contributed by atoms with van der Waals surface area (Å²) in [5, 5.41) is 0. The van der Waals surface area contributed by atoms with E-state index >= 15 is 0 Å². The minimum absolute atomic E-state index is 0.121. The normalized spacial score (nSPS) is 12.2. The second-order valence-corrected chi connectivity index (χ2v) is 8.41. The van der Waals surface area contributed by atoms with Crippen molar-refractivity contribution in [1.29, 1.82) is 0 Å². The van der Waals surface area contributed by atoms with Crippen LogP contribution in [0.2, 0.25) is 0 Å². The molecule has 0 aliphatic heterocycles. The fourth-order valence-corrected chi connectivity index (χ4v) is 3.86. The Hall–Kier alpha value is -3.61. The van der Waals surface area contributed by atoms with Crippen molar-refractivity contribution in [3.05, 3.63) is 126 Å². The Morgan fingerprint density at radius 3 is 2.03 bits per heavy atom. The van der Waals surface area contributed by atoms with Crippen molar-refractivity contribution in [1.82, 2.24) is 4.90 Å². The first kappa shape index (κ1) is 26.0. The number of nitrogens with zero attached hydrogens (tertiary/aromatic N) is 2. The van der Waals surface area contributed by atoms with E-state index < -0.39 is 29.3 Å². The number of likely N-dealkylation sites (N-methyl/N-ethyl adjacent to an activating group) is 1. The third kappa shape index (κ3) is 6.29. The molecule has 1 atom stereocenters. The fourth-order valence-electron chi connectivity index (χ4n) is 3.86. The summed E-state index contributed by atoms with van der Waals surface area (Å²) in [6.07, 6.45) is -4.12. The van der Waals surface area contributed by atoms with Crippen LogP contribution in [0.1, 0.15) is 22.6 Å². The molecule has 0 saturated heterocycles. The molecule has 0 spiro atoms. The first-order valence-electron chi connectivity index (χ1n) is 11.0. The fraction of sp³-hybridized carbons (Fsp3) is 0.214. The highest BCUT2D eigenvalue weighted by Crippen LogP contribution is 2.36. The number of benzene rings is 3. The van der Waals surface area contributed by atoms with Gasteiger partial charge in [0.15, 0.2) is 0 Å². The van der Waals surface area contributed by atoms with Crippen molar-refractivity contribution in [3.8, 4) is 0 Å². The monoisotopic (exact) mass is 486 g/mol. The Labute approximate surface area is 202 Å². The van der Waals surface area contributed by atoms with Crippen LogP contribution in [-0.4, -0.2) is 25.5 Å². The largest absolute Gasteiger partial charge is 0.416 e. The summed E-state index contributed by atoms with van der Waals surface area (Å²) in [5.74, 6) is -1.89. The Morgan fingerprint density at radius 1 is 0.857 bits per heavy atom. The number of anilines is 1. The molecule has 0 aliphatic carbocycles. The van der Waals surface area contributed by atoms with Crippen LogP contribution in [-0.2, 0) is 12.6 Å². The van der Waals surface area contributed by atoms with Crippen LogP contribution in [0.15, 0.2) is 97.3 Å². The van der Waals surface area contributed by atoms with E-state index in [-0.39, 0.29) is 12.2 Å². The molecule has 0 N–H and O–H groups in total. The number of hydrogen-bond acceptors (Lipinski definition) is 2. The van der Waals surface area contributed by atoms with E-state index in [1.165, 1.54) is 18.2 Å².